The van der Waals surface area contributed by atoms with E-state index < -0.39 is 4.92 Å². The van der Waals surface area contributed by atoms with Crippen LogP contribution in [0, 0.1) is 33.8 Å². The third-order valence-electron chi connectivity index (χ3n) is 5.28. The Morgan fingerprint density at radius 2 is 1.71 bits per heavy atom. The number of nitrogens with zero attached hydrogens (tertiary/aromatic N) is 1. The van der Waals surface area contributed by atoms with Gasteiger partial charge in [-0.15, -0.1) is 0 Å². The van der Waals surface area contributed by atoms with Crippen molar-refractivity contribution in [2.24, 2.45) is 23.7 Å². The van der Waals surface area contributed by atoms with Crippen molar-refractivity contribution < 1.29 is 19.2 Å². The van der Waals surface area contributed by atoms with E-state index in [4.69, 9.17) is 4.74 Å². The fourth-order valence-corrected chi connectivity index (χ4v) is 4.48. The number of carbonyl (C=O) groups excluding carboxylic acids is 2. The van der Waals surface area contributed by atoms with E-state index >= 15 is 0 Å². The second-order valence-corrected chi connectivity index (χ2v) is 6.14. The van der Waals surface area contributed by atoms with Gasteiger partial charge in [-0.3, -0.25) is 19.7 Å². The molecule has 1 aromatic carbocycles. The topological polar surface area (TPSA) is 86.5 Å². The number of hydrogen-bond donors (Lipinski definition) is 0. The summed E-state index contributed by atoms with van der Waals surface area (Å²) in [5.41, 5.74) is 1.08. The predicted molar refractivity (Wildman–Crippen MR) is 70.1 cm³/mol. The molecule has 6 nitrogen and oxygen atoms in total. The number of rotatable bonds is 2. The lowest BCUT2D eigenvalue weighted by Gasteiger charge is -2.27. The van der Waals surface area contributed by atoms with Gasteiger partial charge in [-0.1, -0.05) is 12.1 Å². The number of hydrogen-bond acceptors (Lipinski definition) is 5. The van der Waals surface area contributed by atoms with E-state index in [1.54, 1.807) is 12.1 Å². The number of benzene rings is 1. The standard InChI is InChI=1S/C15H13NO5/c17-14-12-8-5-10(11(6-8)13(12)15(18)21-14)7-1-3-9(4-2-7)16(19)20/h1-4,8,10-13H,5-6H2/t8-,10+,11-,12-,13+/m1/s1. The summed E-state index contributed by atoms with van der Waals surface area (Å²) in [7, 11) is 0. The smallest absolute Gasteiger partial charge is 0.317 e. The third kappa shape index (κ3) is 1.65. The molecular weight excluding hydrogens is 274 g/mol. The minimum absolute atomic E-state index is 0.0650. The molecule has 2 saturated carbocycles. The largest absolute Gasteiger partial charge is 0.393 e. The number of non-ortho nitro benzene ring substituents is 1. The van der Waals surface area contributed by atoms with Crippen LogP contribution in [0.1, 0.15) is 24.3 Å². The molecule has 0 radical (unpaired) electrons. The third-order valence-corrected chi connectivity index (χ3v) is 5.28. The Hall–Kier alpha value is -2.24. The second kappa shape index (κ2) is 4.13. The molecule has 4 rings (SSSR count). The van der Waals surface area contributed by atoms with Crippen molar-refractivity contribution in [3.8, 4) is 0 Å². The number of cyclic esters (lactones) is 2. The van der Waals surface area contributed by atoms with Gasteiger partial charge in [-0.05, 0) is 36.2 Å². The molecule has 0 aromatic heterocycles. The first kappa shape index (κ1) is 12.5. The molecule has 0 unspecified atom stereocenters. The van der Waals surface area contributed by atoms with Crippen LogP contribution in [-0.2, 0) is 14.3 Å². The van der Waals surface area contributed by atoms with Gasteiger partial charge in [0.25, 0.3) is 5.69 Å². The number of ether oxygens (including phenoxy) is 1. The molecule has 21 heavy (non-hydrogen) atoms. The number of fused-ring (bicyclic) bond motifs is 5. The molecule has 6 heteroatoms. The van der Waals surface area contributed by atoms with Gasteiger partial charge in [0.15, 0.2) is 0 Å². The Labute approximate surface area is 120 Å². The van der Waals surface area contributed by atoms with Gasteiger partial charge >= 0.3 is 11.9 Å². The van der Waals surface area contributed by atoms with E-state index in [0.29, 0.717) is 0 Å². The van der Waals surface area contributed by atoms with Crippen molar-refractivity contribution in [1.82, 2.24) is 0 Å². The fraction of sp³-hybridized carbons (Fsp3) is 0.467. The van der Waals surface area contributed by atoms with Crippen LogP contribution in [0.25, 0.3) is 0 Å². The molecule has 0 N–H and O–H groups in total. The van der Waals surface area contributed by atoms with Crippen molar-refractivity contribution in [1.29, 1.82) is 0 Å². The Morgan fingerprint density at radius 3 is 2.38 bits per heavy atom. The highest BCUT2D eigenvalue weighted by atomic mass is 16.6. The van der Waals surface area contributed by atoms with Gasteiger partial charge in [0.1, 0.15) is 0 Å². The highest BCUT2D eigenvalue weighted by molar-refractivity contribution is 5.97. The molecule has 1 aliphatic heterocycles. The predicted octanol–water partition coefficient (Wildman–Crippen LogP) is 2.03. The highest BCUT2D eigenvalue weighted by Crippen LogP contribution is 2.61. The minimum atomic E-state index is -0.423. The lowest BCUT2D eigenvalue weighted by Crippen LogP contribution is -2.29. The van der Waals surface area contributed by atoms with E-state index in [1.807, 2.05) is 0 Å². The van der Waals surface area contributed by atoms with Crippen molar-refractivity contribution in [2.45, 2.75) is 18.8 Å². The second-order valence-electron chi connectivity index (χ2n) is 6.14. The number of nitro groups is 1. The normalized spacial score (nSPS) is 36.7. The van der Waals surface area contributed by atoms with Crippen LogP contribution >= 0.6 is 0 Å². The number of nitro benzene ring substituents is 1. The molecule has 0 spiro atoms. The quantitative estimate of drug-likeness (QED) is 0.359. The van der Waals surface area contributed by atoms with Gasteiger partial charge in [0.2, 0.25) is 0 Å². The van der Waals surface area contributed by atoms with Crippen LogP contribution in [-0.4, -0.2) is 16.9 Å². The van der Waals surface area contributed by atoms with E-state index in [9.17, 15) is 19.7 Å². The monoisotopic (exact) mass is 287 g/mol. The van der Waals surface area contributed by atoms with E-state index in [-0.39, 0.29) is 47.2 Å². The molecule has 1 heterocycles. The van der Waals surface area contributed by atoms with Crippen LogP contribution in [0.2, 0.25) is 0 Å². The summed E-state index contributed by atoms with van der Waals surface area (Å²) in [5, 5.41) is 10.7. The van der Waals surface area contributed by atoms with E-state index in [2.05, 4.69) is 0 Å². The van der Waals surface area contributed by atoms with E-state index in [0.717, 1.165) is 18.4 Å². The summed E-state index contributed by atoms with van der Waals surface area (Å²) >= 11 is 0. The molecular formula is C15H13NO5. The fourth-order valence-electron chi connectivity index (χ4n) is 4.48. The van der Waals surface area contributed by atoms with Gasteiger partial charge in [0.05, 0.1) is 16.8 Å². The van der Waals surface area contributed by atoms with Crippen LogP contribution in [0.4, 0.5) is 5.69 Å². The first-order valence-corrected chi connectivity index (χ1v) is 7.06. The van der Waals surface area contributed by atoms with Crippen molar-refractivity contribution in [2.75, 3.05) is 0 Å². The molecule has 5 atom stereocenters. The first-order valence-electron chi connectivity index (χ1n) is 7.06. The lowest BCUT2D eigenvalue weighted by atomic mass is 9.73. The highest BCUT2D eigenvalue weighted by Gasteiger charge is 2.63. The zero-order valence-corrected chi connectivity index (χ0v) is 11.1. The van der Waals surface area contributed by atoms with Crippen molar-refractivity contribution >= 4 is 17.6 Å². The average Bonchev–Trinajstić information content (AvgIpc) is 3.12. The maximum atomic E-state index is 11.8. The number of carbonyl (C=O) groups is 2. The van der Waals surface area contributed by atoms with Gasteiger partial charge in [-0.25, -0.2) is 0 Å². The summed E-state index contributed by atoms with van der Waals surface area (Å²) < 4.78 is 4.78. The minimum Gasteiger partial charge on any atom is -0.393 e. The van der Waals surface area contributed by atoms with E-state index in [1.165, 1.54) is 12.1 Å². The molecule has 108 valence electrons. The van der Waals surface area contributed by atoms with Gasteiger partial charge < -0.3 is 4.74 Å². The Kier molecular flexibility index (Phi) is 2.46. The van der Waals surface area contributed by atoms with Crippen molar-refractivity contribution in [3.05, 3.63) is 39.9 Å². The van der Waals surface area contributed by atoms with Crippen LogP contribution in [0.15, 0.2) is 24.3 Å². The molecule has 2 aliphatic carbocycles. The molecule has 3 aliphatic rings. The van der Waals surface area contributed by atoms with Gasteiger partial charge in [0, 0.05) is 12.1 Å². The molecule has 3 fully saturated rings. The first-order chi connectivity index (χ1) is 10.1. The van der Waals surface area contributed by atoms with Crippen LogP contribution in [0.3, 0.4) is 0 Å². The SMILES string of the molecule is O=C1OC(=O)[C@H]2[C@@H]3C[C@@H](C[C@H]3c3ccc([N+](=O)[O-])cc3)[C@@H]12. The zero-order chi connectivity index (χ0) is 14.7. The summed E-state index contributed by atoms with van der Waals surface area (Å²) in [6.07, 6.45) is 1.73. The lowest BCUT2D eigenvalue weighted by molar-refractivity contribution is -0.384. The Balaban J connectivity index is 1.63. The van der Waals surface area contributed by atoms with Crippen LogP contribution < -0.4 is 0 Å². The zero-order valence-electron chi connectivity index (χ0n) is 11.1. The summed E-state index contributed by atoms with van der Waals surface area (Å²) in [5.74, 6) is -0.785. The summed E-state index contributed by atoms with van der Waals surface area (Å²) in [6.45, 7) is 0. The van der Waals surface area contributed by atoms with Gasteiger partial charge in [-0.2, -0.15) is 0 Å². The summed E-state index contributed by atoms with van der Waals surface area (Å²) in [6, 6.07) is 6.52. The Bertz CT molecular complexity index is 653. The Morgan fingerprint density at radius 1 is 1.05 bits per heavy atom. The van der Waals surface area contributed by atoms with Crippen LogP contribution in [0.5, 0.6) is 0 Å². The number of esters is 2. The molecule has 2 bridgehead atoms. The average molecular weight is 287 g/mol. The molecule has 1 aromatic rings. The molecule has 1 saturated heterocycles. The summed E-state index contributed by atoms with van der Waals surface area (Å²) in [4.78, 5) is 33.8. The molecule has 0 amide bonds. The maximum Gasteiger partial charge on any atom is 0.317 e. The van der Waals surface area contributed by atoms with Crippen molar-refractivity contribution in [3.63, 3.8) is 0 Å². The maximum absolute atomic E-state index is 11.8.